The third kappa shape index (κ3) is 4.75. The van der Waals surface area contributed by atoms with E-state index in [1.165, 1.54) is 25.1 Å². The average molecular weight is 523 g/mol. The van der Waals surface area contributed by atoms with Crippen LogP contribution in [0.25, 0.3) is 21.3 Å². The molecule has 180 valence electrons. The number of alkyl halides is 3. The summed E-state index contributed by atoms with van der Waals surface area (Å²) in [6, 6.07) is 7.08. The molecule has 0 saturated carbocycles. The van der Waals surface area contributed by atoms with Gasteiger partial charge in [0.25, 0.3) is 11.2 Å². The standard InChI is InChI=1S/C22H14ClF3N4O4S/c1-11(19(31)28-17-8-13(22(24,25)26)5-6-16(17)23)29-10-27-20-18(21(29)32)15(9-35-20)12-3-2-4-14(7-12)30(33)34/h2-11H,1H3,(H,28,31). The van der Waals surface area contributed by atoms with Gasteiger partial charge >= 0.3 is 6.18 Å². The van der Waals surface area contributed by atoms with Crippen molar-refractivity contribution in [2.24, 2.45) is 0 Å². The highest BCUT2D eigenvalue weighted by molar-refractivity contribution is 7.17. The molecule has 0 radical (unpaired) electrons. The Hall–Kier alpha value is -3.77. The lowest BCUT2D eigenvalue weighted by molar-refractivity contribution is -0.384. The normalized spacial score (nSPS) is 12.5. The maximum atomic E-state index is 13.3. The van der Waals surface area contributed by atoms with Gasteiger partial charge in [-0.25, -0.2) is 4.98 Å². The van der Waals surface area contributed by atoms with Crippen LogP contribution in [0.2, 0.25) is 5.02 Å². The smallest absolute Gasteiger partial charge is 0.323 e. The number of nitrogens with zero attached hydrogens (tertiary/aromatic N) is 3. The lowest BCUT2D eigenvalue weighted by atomic mass is 10.1. The van der Waals surface area contributed by atoms with Gasteiger partial charge in [0.15, 0.2) is 0 Å². The summed E-state index contributed by atoms with van der Waals surface area (Å²) in [6.07, 6.45) is -3.47. The van der Waals surface area contributed by atoms with Gasteiger partial charge in [-0.3, -0.25) is 24.3 Å². The van der Waals surface area contributed by atoms with Gasteiger partial charge in [-0.1, -0.05) is 23.7 Å². The molecule has 0 aliphatic carbocycles. The van der Waals surface area contributed by atoms with Crippen molar-refractivity contribution >= 4 is 50.4 Å². The summed E-state index contributed by atoms with van der Waals surface area (Å²) in [5.41, 5.74) is -1.16. The van der Waals surface area contributed by atoms with Gasteiger partial charge < -0.3 is 5.32 Å². The van der Waals surface area contributed by atoms with Crippen molar-refractivity contribution in [3.63, 3.8) is 0 Å². The van der Waals surface area contributed by atoms with Crippen LogP contribution in [-0.4, -0.2) is 20.4 Å². The summed E-state index contributed by atoms with van der Waals surface area (Å²) in [4.78, 5) is 41.3. The van der Waals surface area contributed by atoms with Crippen LogP contribution in [-0.2, 0) is 11.0 Å². The van der Waals surface area contributed by atoms with E-state index in [4.69, 9.17) is 11.6 Å². The summed E-state index contributed by atoms with van der Waals surface area (Å²) >= 11 is 7.11. The fraction of sp³-hybridized carbons (Fsp3) is 0.136. The number of fused-ring (bicyclic) bond motifs is 1. The molecule has 1 atom stereocenters. The highest BCUT2D eigenvalue weighted by atomic mass is 35.5. The summed E-state index contributed by atoms with van der Waals surface area (Å²) < 4.78 is 40.1. The molecule has 1 N–H and O–H groups in total. The third-order valence-corrected chi connectivity index (χ3v) is 6.45. The van der Waals surface area contributed by atoms with Crippen LogP contribution in [0, 0.1) is 10.1 Å². The number of anilines is 1. The van der Waals surface area contributed by atoms with Crippen LogP contribution < -0.4 is 10.9 Å². The van der Waals surface area contributed by atoms with E-state index in [9.17, 15) is 32.9 Å². The summed E-state index contributed by atoms with van der Waals surface area (Å²) in [7, 11) is 0. The number of hydrogen-bond acceptors (Lipinski definition) is 6. The first-order valence-corrected chi connectivity index (χ1v) is 11.1. The number of nitro groups is 1. The Morgan fingerprint density at radius 3 is 2.69 bits per heavy atom. The molecule has 2 heterocycles. The van der Waals surface area contributed by atoms with Crippen molar-refractivity contribution in [3.8, 4) is 11.1 Å². The van der Waals surface area contributed by atoms with E-state index in [0.717, 1.165) is 34.4 Å². The lowest BCUT2D eigenvalue weighted by Gasteiger charge is -2.17. The van der Waals surface area contributed by atoms with Crippen molar-refractivity contribution in [2.75, 3.05) is 5.32 Å². The maximum Gasteiger partial charge on any atom is 0.416 e. The zero-order chi connectivity index (χ0) is 25.5. The second kappa shape index (κ2) is 9.12. The van der Waals surface area contributed by atoms with E-state index in [1.54, 1.807) is 11.4 Å². The van der Waals surface area contributed by atoms with E-state index >= 15 is 0 Å². The highest BCUT2D eigenvalue weighted by Gasteiger charge is 2.31. The fourth-order valence-electron chi connectivity index (χ4n) is 3.38. The minimum absolute atomic E-state index is 0.106. The number of carbonyl (C=O) groups is 1. The number of non-ortho nitro benzene ring substituents is 1. The van der Waals surface area contributed by atoms with Crippen LogP contribution in [0.15, 0.2) is 59.0 Å². The monoisotopic (exact) mass is 522 g/mol. The van der Waals surface area contributed by atoms with Crippen LogP contribution in [0.4, 0.5) is 24.5 Å². The van der Waals surface area contributed by atoms with Crippen LogP contribution in [0.1, 0.15) is 18.5 Å². The van der Waals surface area contributed by atoms with Crippen molar-refractivity contribution in [1.29, 1.82) is 0 Å². The molecule has 0 bridgehead atoms. The van der Waals surface area contributed by atoms with Gasteiger partial charge in [-0.15, -0.1) is 11.3 Å². The number of halogens is 4. The van der Waals surface area contributed by atoms with E-state index in [1.807, 2.05) is 0 Å². The zero-order valence-electron chi connectivity index (χ0n) is 17.7. The summed E-state index contributed by atoms with van der Waals surface area (Å²) in [5, 5.41) is 15.2. The average Bonchev–Trinajstić information content (AvgIpc) is 3.25. The van der Waals surface area contributed by atoms with E-state index in [0.29, 0.717) is 22.0 Å². The molecule has 4 aromatic rings. The Bertz CT molecular complexity index is 1530. The largest absolute Gasteiger partial charge is 0.416 e. The predicted molar refractivity (Wildman–Crippen MR) is 126 cm³/mol. The topological polar surface area (TPSA) is 107 Å². The van der Waals surface area contributed by atoms with Gasteiger partial charge in [-0.05, 0) is 30.7 Å². The Balaban J connectivity index is 1.71. The number of amides is 1. The molecule has 13 heteroatoms. The van der Waals surface area contributed by atoms with Crippen LogP contribution in [0.5, 0.6) is 0 Å². The quantitative estimate of drug-likeness (QED) is 0.259. The van der Waals surface area contributed by atoms with E-state index in [-0.39, 0.29) is 21.8 Å². The molecular formula is C22H14ClF3N4O4S. The Labute approximate surface area is 203 Å². The SMILES string of the molecule is CC(C(=O)Nc1cc(C(F)(F)F)ccc1Cl)n1cnc2scc(-c3cccc([N+](=O)[O-])c3)c2c1=O. The molecule has 35 heavy (non-hydrogen) atoms. The number of aromatic nitrogens is 2. The maximum absolute atomic E-state index is 13.3. The number of nitro benzene ring substituents is 1. The molecule has 1 amide bonds. The molecular weight excluding hydrogens is 509 g/mol. The second-order valence-corrected chi connectivity index (χ2v) is 8.72. The van der Waals surface area contributed by atoms with Gasteiger partial charge in [-0.2, -0.15) is 13.2 Å². The molecule has 0 fully saturated rings. The van der Waals surface area contributed by atoms with E-state index in [2.05, 4.69) is 10.3 Å². The summed E-state index contributed by atoms with van der Waals surface area (Å²) in [6.45, 7) is 1.38. The zero-order valence-corrected chi connectivity index (χ0v) is 19.2. The number of carbonyl (C=O) groups excluding carboxylic acids is 1. The molecule has 0 spiro atoms. The first-order valence-electron chi connectivity index (χ1n) is 9.88. The minimum atomic E-state index is -4.64. The fourth-order valence-corrected chi connectivity index (χ4v) is 4.45. The van der Waals surface area contributed by atoms with Gasteiger partial charge in [0.2, 0.25) is 5.91 Å². The Kier molecular flexibility index (Phi) is 6.34. The first-order chi connectivity index (χ1) is 16.5. The molecule has 8 nitrogen and oxygen atoms in total. The molecule has 0 aliphatic heterocycles. The highest BCUT2D eigenvalue weighted by Crippen LogP contribution is 2.35. The number of rotatable bonds is 5. The number of hydrogen-bond donors (Lipinski definition) is 1. The van der Waals surface area contributed by atoms with E-state index < -0.39 is 34.2 Å². The number of thiophene rings is 1. The van der Waals surface area contributed by atoms with Crippen molar-refractivity contribution in [3.05, 3.63) is 85.2 Å². The van der Waals surface area contributed by atoms with Crippen LogP contribution >= 0.6 is 22.9 Å². The Morgan fingerprint density at radius 2 is 2.00 bits per heavy atom. The van der Waals surface area contributed by atoms with Crippen molar-refractivity contribution in [2.45, 2.75) is 19.1 Å². The van der Waals surface area contributed by atoms with Crippen molar-refractivity contribution < 1.29 is 22.9 Å². The van der Waals surface area contributed by atoms with Crippen molar-refractivity contribution in [1.82, 2.24) is 9.55 Å². The number of benzene rings is 2. The minimum Gasteiger partial charge on any atom is -0.323 e. The first kappa shape index (κ1) is 24.4. The molecule has 2 aromatic carbocycles. The lowest BCUT2D eigenvalue weighted by Crippen LogP contribution is -2.31. The number of nitrogens with one attached hydrogen (secondary N) is 1. The molecule has 1 unspecified atom stereocenters. The third-order valence-electron chi connectivity index (χ3n) is 5.24. The molecule has 0 saturated heterocycles. The summed E-state index contributed by atoms with van der Waals surface area (Å²) in [5.74, 6) is -0.790. The van der Waals surface area contributed by atoms with Gasteiger partial charge in [0.05, 0.1) is 32.9 Å². The van der Waals surface area contributed by atoms with Gasteiger partial charge in [0.1, 0.15) is 10.9 Å². The predicted octanol–water partition coefficient (Wildman–Crippen LogP) is 5.91. The van der Waals surface area contributed by atoms with Gasteiger partial charge in [0, 0.05) is 23.1 Å². The Morgan fingerprint density at radius 1 is 1.26 bits per heavy atom. The van der Waals surface area contributed by atoms with Crippen LogP contribution in [0.3, 0.4) is 0 Å². The second-order valence-electron chi connectivity index (χ2n) is 7.45. The molecule has 2 aromatic heterocycles. The molecule has 0 aliphatic rings. The molecule has 4 rings (SSSR count).